The third-order valence-electron chi connectivity index (χ3n) is 4.90. The molecule has 1 saturated carbocycles. The lowest BCUT2D eigenvalue weighted by Crippen LogP contribution is -2.42. The van der Waals surface area contributed by atoms with Crippen LogP contribution in [0.15, 0.2) is 29.3 Å². The summed E-state index contributed by atoms with van der Waals surface area (Å²) >= 11 is 0. The van der Waals surface area contributed by atoms with E-state index in [2.05, 4.69) is 15.6 Å². The third kappa shape index (κ3) is 5.17. The number of aliphatic imine (C=N–C) groups is 1. The summed E-state index contributed by atoms with van der Waals surface area (Å²) in [4.78, 5) is 4.19. The summed E-state index contributed by atoms with van der Waals surface area (Å²) in [6.07, 6.45) is 2.59. The molecule has 0 aliphatic heterocycles. The highest BCUT2D eigenvalue weighted by molar-refractivity contribution is 7.89. The molecule has 146 valence electrons. The maximum absolute atomic E-state index is 14.1. The highest BCUT2D eigenvalue weighted by atomic mass is 32.2. The van der Waals surface area contributed by atoms with Gasteiger partial charge in [-0.05, 0) is 37.8 Å². The average Bonchev–Trinajstić information content (AvgIpc) is 3.42. The lowest BCUT2D eigenvalue weighted by Gasteiger charge is -2.20. The van der Waals surface area contributed by atoms with Crippen molar-refractivity contribution < 1.29 is 12.8 Å². The van der Waals surface area contributed by atoms with E-state index in [-0.39, 0.29) is 17.0 Å². The summed E-state index contributed by atoms with van der Waals surface area (Å²) in [5.74, 6) is 0.599. The zero-order valence-electron chi connectivity index (χ0n) is 15.8. The van der Waals surface area contributed by atoms with Gasteiger partial charge in [-0.2, -0.15) is 0 Å². The second kappa shape index (κ2) is 8.81. The van der Waals surface area contributed by atoms with Crippen molar-refractivity contribution in [1.29, 1.82) is 0 Å². The molecule has 2 N–H and O–H groups in total. The summed E-state index contributed by atoms with van der Waals surface area (Å²) in [6, 6.07) is 6.93. The van der Waals surface area contributed by atoms with Crippen molar-refractivity contribution in [1.82, 2.24) is 14.9 Å². The molecular weight excluding hydrogens is 355 g/mol. The molecule has 0 aromatic heterocycles. The molecule has 0 heterocycles. The van der Waals surface area contributed by atoms with E-state index in [1.165, 1.54) is 10.4 Å². The Morgan fingerprint density at radius 2 is 2.00 bits per heavy atom. The number of guanidine groups is 1. The van der Waals surface area contributed by atoms with Crippen LogP contribution in [0.3, 0.4) is 0 Å². The first-order chi connectivity index (χ1) is 12.3. The molecule has 0 amide bonds. The molecule has 26 heavy (non-hydrogen) atoms. The van der Waals surface area contributed by atoms with Crippen molar-refractivity contribution in [2.45, 2.75) is 31.6 Å². The third-order valence-corrected chi connectivity index (χ3v) is 6.76. The van der Waals surface area contributed by atoms with E-state index in [1.807, 2.05) is 12.1 Å². The fourth-order valence-corrected chi connectivity index (χ4v) is 3.77. The van der Waals surface area contributed by atoms with Crippen molar-refractivity contribution in [3.05, 3.63) is 35.6 Å². The number of benzene rings is 1. The normalized spacial score (nSPS) is 16.6. The lowest BCUT2D eigenvalue weighted by molar-refractivity contribution is 0.461. The number of sulfonamides is 1. The summed E-state index contributed by atoms with van der Waals surface area (Å²) in [5.41, 5.74) is 0.604. The Kier molecular flexibility index (Phi) is 7.00. The van der Waals surface area contributed by atoms with Crippen LogP contribution >= 0.6 is 0 Å². The van der Waals surface area contributed by atoms with Gasteiger partial charge < -0.3 is 10.6 Å². The van der Waals surface area contributed by atoms with Crippen LogP contribution in [0, 0.1) is 5.82 Å². The maximum atomic E-state index is 14.1. The molecule has 1 aromatic carbocycles. The molecule has 1 fully saturated rings. The molecule has 1 aliphatic rings. The Labute approximate surface area is 155 Å². The summed E-state index contributed by atoms with van der Waals surface area (Å²) < 4.78 is 38.8. The van der Waals surface area contributed by atoms with Gasteiger partial charge in [-0.3, -0.25) is 4.99 Å². The molecule has 0 atom stereocenters. The van der Waals surface area contributed by atoms with Crippen LogP contribution in [0.2, 0.25) is 0 Å². The quantitative estimate of drug-likeness (QED) is 0.386. The van der Waals surface area contributed by atoms with Crippen molar-refractivity contribution in [2.24, 2.45) is 4.99 Å². The number of hydrogen-bond acceptors (Lipinski definition) is 3. The maximum Gasteiger partial charge on any atom is 0.213 e. The van der Waals surface area contributed by atoms with Gasteiger partial charge in [0.05, 0.1) is 5.75 Å². The van der Waals surface area contributed by atoms with Gasteiger partial charge in [0.1, 0.15) is 5.82 Å². The van der Waals surface area contributed by atoms with Gasteiger partial charge in [0, 0.05) is 39.1 Å². The van der Waals surface area contributed by atoms with E-state index in [4.69, 9.17) is 0 Å². The van der Waals surface area contributed by atoms with E-state index in [0.29, 0.717) is 32.0 Å². The first kappa shape index (κ1) is 20.6. The topological polar surface area (TPSA) is 73.8 Å². The van der Waals surface area contributed by atoms with Gasteiger partial charge in [0.15, 0.2) is 5.96 Å². The molecule has 1 aromatic rings. The predicted molar refractivity (Wildman–Crippen MR) is 103 cm³/mol. The highest BCUT2D eigenvalue weighted by Crippen LogP contribution is 2.48. The van der Waals surface area contributed by atoms with E-state index in [1.54, 1.807) is 27.1 Å². The van der Waals surface area contributed by atoms with Crippen molar-refractivity contribution in [3.63, 3.8) is 0 Å². The van der Waals surface area contributed by atoms with Gasteiger partial charge in [-0.1, -0.05) is 18.2 Å². The molecule has 0 radical (unpaired) electrons. The predicted octanol–water partition coefficient (Wildman–Crippen LogP) is 1.69. The van der Waals surface area contributed by atoms with E-state index in [9.17, 15) is 12.8 Å². The van der Waals surface area contributed by atoms with Crippen molar-refractivity contribution >= 4 is 16.0 Å². The number of halogens is 1. The Morgan fingerprint density at radius 3 is 2.58 bits per heavy atom. The van der Waals surface area contributed by atoms with Crippen LogP contribution in [0.1, 0.15) is 31.7 Å². The Hall–Kier alpha value is -1.67. The van der Waals surface area contributed by atoms with Crippen LogP contribution in [0.4, 0.5) is 4.39 Å². The lowest BCUT2D eigenvalue weighted by atomic mass is 9.95. The Balaban J connectivity index is 1.78. The van der Waals surface area contributed by atoms with Crippen LogP contribution in [-0.4, -0.2) is 58.2 Å². The number of nitrogens with one attached hydrogen (secondary N) is 2. The molecule has 8 heteroatoms. The summed E-state index contributed by atoms with van der Waals surface area (Å²) in [5, 5.41) is 6.45. The first-order valence-corrected chi connectivity index (χ1v) is 10.6. The highest BCUT2D eigenvalue weighted by Gasteiger charge is 2.45. The summed E-state index contributed by atoms with van der Waals surface area (Å²) in [6.45, 7) is 3.33. The largest absolute Gasteiger partial charge is 0.356 e. The molecule has 2 rings (SSSR count). The zero-order valence-corrected chi connectivity index (χ0v) is 16.6. The van der Waals surface area contributed by atoms with E-state index in [0.717, 1.165) is 18.4 Å². The van der Waals surface area contributed by atoms with Crippen LogP contribution in [-0.2, 0) is 15.4 Å². The number of rotatable bonds is 9. The van der Waals surface area contributed by atoms with Crippen LogP contribution in [0.5, 0.6) is 0 Å². The Bertz CT molecular complexity index is 732. The molecule has 1 aliphatic carbocycles. The van der Waals surface area contributed by atoms with Gasteiger partial charge >= 0.3 is 0 Å². The average molecular weight is 385 g/mol. The minimum atomic E-state index is -3.14. The van der Waals surface area contributed by atoms with Gasteiger partial charge in [0.25, 0.3) is 0 Å². The van der Waals surface area contributed by atoms with Gasteiger partial charge in [0.2, 0.25) is 10.0 Å². The number of hydrogen-bond donors (Lipinski definition) is 2. The smallest absolute Gasteiger partial charge is 0.213 e. The second-order valence-corrected chi connectivity index (χ2v) is 9.05. The number of nitrogens with zero attached hydrogens (tertiary/aromatic N) is 2. The fraction of sp³-hybridized carbons (Fsp3) is 0.611. The standard InChI is InChI=1S/C18H29FN4O2S/c1-4-26(24,25)23(3)13-7-12-21-17(20-2)22-14-18(10-11-18)15-8-5-6-9-16(15)19/h5-6,8-9H,4,7,10-14H2,1-3H3,(H2,20,21,22). The van der Waals surface area contributed by atoms with Crippen molar-refractivity contribution in [2.75, 3.05) is 39.5 Å². The van der Waals surface area contributed by atoms with Crippen LogP contribution in [0.25, 0.3) is 0 Å². The molecule has 6 nitrogen and oxygen atoms in total. The second-order valence-electron chi connectivity index (χ2n) is 6.69. The van der Waals surface area contributed by atoms with Crippen molar-refractivity contribution in [3.8, 4) is 0 Å². The van der Waals surface area contributed by atoms with E-state index >= 15 is 0 Å². The molecule has 0 spiro atoms. The molecule has 0 unspecified atom stereocenters. The molecule has 0 saturated heterocycles. The molecule has 0 bridgehead atoms. The minimum absolute atomic E-state index is 0.109. The minimum Gasteiger partial charge on any atom is -0.356 e. The monoisotopic (exact) mass is 384 g/mol. The molecular formula is C18H29FN4O2S. The summed E-state index contributed by atoms with van der Waals surface area (Å²) in [7, 11) is 0.144. The SMILES string of the molecule is CCS(=O)(=O)N(C)CCCNC(=NC)NCC1(c2ccccc2F)CC1. The van der Waals surface area contributed by atoms with E-state index < -0.39 is 10.0 Å². The van der Waals surface area contributed by atoms with Crippen LogP contribution < -0.4 is 10.6 Å². The fourth-order valence-electron chi connectivity index (χ4n) is 2.93. The Morgan fingerprint density at radius 1 is 1.31 bits per heavy atom. The van der Waals surface area contributed by atoms with Gasteiger partial charge in [-0.25, -0.2) is 17.1 Å². The first-order valence-electron chi connectivity index (χ1n) is 8.98. The zero-order chi connectivity index (χ0) is 19.2. The van der Waals surface area contributed by atoms with Gasteiger partial charge in [-0.15, -0.1) is 0 Å².